The summed E-state index contributed by atoms with van der Waals surface area (Å²) in [6, 6.07) is 12.9. The van der Waals surface area contributed by atoms with E-state index in [9.17, 15) is 14.4 Å². The smallest absolute Gasteiger partial charge is 0.344 e. The minimum Gasteiger partial charge on any atom is -0.464 e. The fourth-order valence-electron chi connectivity index (χ4n) is 4.63. The third-order valence-corrected chi connectivity index (χ3v) is 7.10. The zero-order valence-corrected chi connectivity index (χ0v) is 19.6. The van der Waals surface area contributed by atoms with Crippen LogP contribution in [0.1, 0.15) is 29.3 Å². The molecule has 2 aromatic rings. The number of carbonyl (C=O) groups excluding carboxylic acids is 3. The standard InChI is InChI=1S/C24H22Cl2FNO6/c1-2-32-21(30)23(27)15-11-18(34-20(29)14-8-9-16(25)17(26)10-14)24(28,19(15)23)22(31)33-12-13-6-4-3-5-7-13/h3-10,15,18-19H,2,11-12,28H2,1H3/t15-,18-,19+,23-,24+/m1/s1. The highest BCUT2D eigenvalue weighted by Gasteiger charge is 2.86. The van der Waals surface area contributed by atoms with Gasteiger partial charge < -0.3 is 19.9 Å². The number of esters is 3. The molecule has 0 unspecified atom stereocenters. The molecule has 34 heavy (non-hydrogen) atoms. The van der Waals surface area contributed by atoms with E-state index in [1.165, 1.54) is 18.2 Å². The first-order chi connectivity index (χ1) is 16.1. The molecule has 0 aromatic heterocycles. The summed E-state index contributed by atoms with van der Waals surface area (Å²) in [6.07, 6.45) is -1.38. The van der Waals surface area contributed by atoms with Crippen LogP contribution in [0.4, 0.5) is 4.39 Å². The van der Waals surface area contributed by atoms with Crippen LogP contribution in [0.25, 0.3) is 0 Å². The Morgan fingerprint density at radius 3 is 2.41 bits per heavy atom. The number of benzene rings is 2. The molecule has 2 aliphatic carbocycles. The highest BCUT2D eigenvalue weighted by atomic mass is 35.5. The van der Waals surface area contributed by atoms with Gasteiger partial charge in [-0.1, -0.05) is 53.5 Å². The Balaban J connectivity index is 1.58. The number of fused-ring (bicyclic) bond motifs is 1. The number of hydrogen-bond acceptors (Lipinski definition) is 7. The predicted molar refractivity (Wildman–Crippen MR) is 121 cm³/mol. The second kappa shape index (κ2) is 9.17. The number of rotatable bonds is 7. The third-order valence-electron chi connectivity index (χ3n) is 6.36. The molecule has 2 aliphatic rings. The molecule has 2 saturated carbocycles. The number of ether oxygens (including phenoxy) is 3. The maximum atomic E-state index is 15.6. The van der Waals surface area contributed by atoms with E-state index in [1.807, 2.05) is 0 Å². The first-order valence-corrected chi connectivity index (χ1v) is 11.4. The molecule has 2 aromatic carbocycles. The summed E-state index contributed by atoms with van der Waals surface area (Å²) in [4.78, 5) is 38.2. The fourth-order valence-corrected chi connectivity index (χ4v) is 4.93. The predicted octanol–water partition coefficient (Wildman–Crippen LogP) is 3.88. The van der Waals surface area contributed by atoms with Gasteiger partial charge in [-0.3, -0.25) is 0 Å². The quantitative estimate of drug-likeness (QED) is 0.445. The molecule has 0 saturated heterocycles. The van der Waals surface area contributed by atoms with Crippen LogP contribution in [0.5, 0.6) is 0 Å². The van der Waals surface area contributed by atoms with Crippen LogP contribution in [-0.2, 0) is 30.4 Å². The van der Waals surface area contributed by atoms with Gasteiger partial charge in [0, 0.05) is 11.8 Å². The topological polar surface area (TPSA) is 105 Å². The SMILES string of the molecule is CCOC(=O)[C@@]1(F)[C@@H]2C[C@@H](OC(=O)c3ccc(Cl)c(Cl)c3)[C@@](N)(C(=O)OCc3ccccc3)[C@@H]21. The van der Waals surface area contributed by atoms with E-state index in [1.54, 1.807) is 37.3 Å². The van der Waals surface area contributed by atoms with Crippen LogP contribution >= 0.6 is 23.2 Å². The molecular weight excluding hydrogens is 488 g/mol. The molecule has 10 heteroatoms. The van der Waals surface area contributed by atoms with Crippen LogP contribution in [-0.4, -0.2) is 41.8 Å². The number of alkyl halides is 1. The maximum Gasteiger partial charge on any atom is 0.344 e. The molecule has 0 radical (unpaired) electrons. The Kier molecular flexibility index (Phi) is 6.59. The van der Waals surface area contributed by atoms with Gasteiger partial charge in [0.25, 0.3) is 0 Å². The van der Waals surface area contributed by atoms with Gasteiger partial charge in [-0.25, -0.2) is 18.8 Å². The van der Waals surface area contributed by atoms with Gasteiger partial charge in [-0.2, -0.15) is 0 Å². The molecular formula is C24H22Cl2FNO6. The van der Waals surface area contributed by atoms with Gasteiger partial charge in [-0.15, -0.1) is 0 Å². The Morgan fingerprint density at radius 2 is 1.76 bits per heavy atom. The fraction of sp³-hybridized carbons (Fsp3) is 0.375. The molecule has 0 bridgehead atoms. The molecule has 5 atom stereocenters. The second-order valence-electron chi connectivity index (χ2n) is 8.33. The molecule has 2 N–H and O–H groups in total. The van der Waals surface area contributed by atoms with Crippen molar-refractivity contribution in [2.24, 2.45) is 17.6 Å². The van der Waals surface area contributed by atoms with Gasteiger partial charge in [0.15, 0.2) is 5.54 Å². The number of hydrogen-bond donors (Lipinski definition) is 1. The van der Waals surface area contributed by atoms with Crippen molar-refractivity contribution in [3.05, 3.63) is 69.7 Å². The lowest BCUT2D eigenvalue weighted by molar-refractivity contribution is -0.161. The highest BCUT2D eigenvalue weighted by molar-refractivity contribution is 6.42. The van der Waals surface area contributed by atoms with Crippen LogP contribution in [0.3, 0.4) is 0 Å². The van der Waals surface area contributed by atoms with Gasteiger partial charge in [-0.05, 0) is 37.1 Å². The van der Waals surface area contributed by atoms with Gasteiger partial charge in [0.05, 0.1) is 22.2 Å². The Bertz CT molecular complexity index is 1130. The van der Waals surface area contributed by atoms with Crippen molar-refractivity contribution in [3.8, 4) is 0 Å². The van der Waals surface area contributed by atoms with Crippen molar-refractivity contribution in [2.75, 3.05) is 6.61 Å². The largest absolute Gasteiger partial charge is 0.464 e. The monoisotopic (exact) mass is 509 g/mol. The average Bonchev–Trinajstić information content (AvgIpc) is 3.31. The summed E-state index contributed by atoms with van der Waals surface area (Å²) < 4.78 is 31.4. The Hall–Kier alpha value is -2.68. The van der Waals surface area contributed by atoms with E-state index in [0.29, 0.717) is 5.56 Å². The molecule has 7 nitrogen and oxygen atoms in total. The van der Waals surface area contributed by atoms with Crippen LogP contribution in [0.2, 0.25) is 10.0 Å². The molecule has 2 fully saturated rings. The Morgan fingerprint density at radius 1 is 1.06 bits per heavy atom. The van der Waals surface area contributed by atoms with E-state index >= 15 is 4.39 Å². The summed E-state index contributed by atoms with van der Waals surface area (Å²) in [5.74, 6) is -5.10. The van der Waals surface area contributed by atoms with Crippen LogP contribution in [0, 0.1) is 11.8 Å². The van der Waals surface area contributed by atoms with E-state index in [2.05, 4.69) is 0 Å². The molecule has 180 valence electrons. The van der Waals surface area contributed by atoms with Crippen molar-refractivity contribution in [1.82, 2.24) is 0 Å². The van der Waals surface area contributed by atoms with Crippen molar-refractivity contribution in [1.29, 1.82) is 0 Å². The van der Waals surface area contributed by atoms with Crippen molar-refractivity contribution < 1.29 is 33.0 Å². The number of nitrogens with two attached hydrogens (primary N) is 1. The zero-order chi connectivity index (χ0) is 24.7. The molecule has 0 aliphatic heterocycles. The molecule has 4 rings (SSSR count). The summed E-state index contributed by atoms with van der Waals surface area (Å²) in [6.45, 7) is 1.39. The second-order valence-corrected chi connectivity index (χ2v) is 9.14. The normalized spacial score (nSPS) is 29.1. The zero-order valence-electron chi connectivity index (χ0n) is 18.1. The van der Waals surface area contributed by atoms with Crippen LogP contribution < -0.4 is 5.73 Å². The van der Waals surface area contributed by atoms with Crippen molar-refractivity contribution >= 4 is 41.1 Å². The van der Waals surface area contributed by atoms with Crippen molar-refractivity contribution in [2.45, 2.75) is 37.3 Å². The first kappa shape index (κ1) is 24.4. The lowest BCUT2D eigenvalue weighted by Crippen LogP contribution is -2.61. The summed E-state index contributed by atoms with van der Waals surface area (Å²) in [5, 5.41) is 0.381. The molecule has 0 spiro atoms. The van der Waals surface area contributed by atoms with Crippen molar-refractivity contribution in [3.63, 3.8) is 0 Å². The number of carbonyl (C=O) groups is 3. The van der Waals surface area contributed by atoms with E-state index in [4.69, 9.17) is 43.1 Å². The van der Waals surface area contributed by atoms with Gasteiger partial charge >= 0.3 is 17.9 Å². The first-order valence-electron chi connectivity index (χ1n) is 10.7. The summed E-state index contributed by atoms with van der Waals surface area (Å²) in [5.41, 5.74) is 2.66. The average molecular weight is 510 g/mol. The lowest BCUT2D eigenvalue weighted by Gasteiger charge is -2.33. The molecule has 0 amide bonds. The maximum absolute atomic E-state index is 15.6. The van der Waals surface area contributed by atoms with Gasteiger partial charge in [0.1, 0.15) is 12.7 Å². The molecule has 0 heterocycles. The number of halogens is 3. The van der Waals surface area contributed by atoms with E-state index in [0.717, 1.165) is 0 Å². The summed E-state index contributed by atoms with van der Waals surface area (Å²) >= 11 is 11.9. The minimum atomic E-state index is -2.46. The third kappa shape index (κ3) is 4.04. The van der Waals surface area contributed by atoms with Crippen LogP contribution in [0.15, 0.2) is 48.5 Å². The van der Waals surface area contributed by atoms with E-state index in [-0.39, 0.29) is 35.2 Å². The highest BCUT2D eigenvalue weighted by Crippen LogP contribution is 2.67. The van der Waals surface area contributed by atoms with Gasteiger partial charge in [0.2, 0.25) is 5.67 Å². The minimum absolute atomic E-state index is 0.0320. The van der Waals surface area contributed by atoms with E-state index < -0.39 is 47.1 Å². The summed E-state index contributed by atoms with van der Waals surface area (Å²) in [7, 11) is 0. The Labute approximate surface area is 205 Å². The lowest BCUT2D eigenvalue weighted by atomic mass is 9.87.